The van der Waals surface area contributed by atoms with E-state index in [1.165, 1.54) is 7.11 Å². The number of aromatic nitrogens is 1. The summed E-state index contributed by atoms with van der Waals surface area (Å²) in [6, 6.07) is 13.4. The molecule has 51 heavy (non-hydrogen) atoms. The van der Waals surface area contributed by atoms with Crippen LogP contribution in [-0.2, 0) is 17.7 Å². The Bertz CT molecular complexity index is 1890. The molecule has 1 aliphatic rings. The fourth-order valence-electron chi connectivity index (χ4n) is 6.51. The van der Waals surface area contributed by atoms with Crippen molar-refractivity contribution in [2.45, 2.75) is 92.8 Å². The van der Waals surface area contributed by atoms with Gasteiger partial charge in [0.05, 0.1) is 58.5 Å². The number of carbonyl (C=O) groups is 1. The predicted molar refractivity (Wildman–Crippen MR) is 198 cm³/mol. The van der Waals surface area contributed by atoms with Crippen LogP contribution < -0.4 is 33.2 Å². The molecule has 0 N–H and O–H groups in total. The molecule has 0 amide bonds. The van der Waals surface area contributed by atoms with Crippen molar-refractivity contribution in [2.75, 3.05) is 28.4 Å². The first-order chi connectivity index (χ1) is 24.3. The molecule has 0 saturated heterocycles. The Kier molecular flexibility index (Phi) is 11.3. The van der Waals surface area contributed by atoms with Gasteiger partial charge < -0.3 is 42.5 Å². The highest BCUT2D eigenvalue weighted by Gasteiger charge is 2.37. The third-order valence-electron chi connectivity index (χ3n) is 8.33. The van der Waals surface area contributed by atoms with E-state index in [9.17, 15) is 4.79 Å². The van der Waals surface area contributed by atoms with Crippen LogP contribution in [0.5, 0.6) is 40.2 Å². The van der Waals surface area contributed by atoms with E-state index in [2.05, 4.69) is 0 Å². The van der Waals surface area contributed by atoms with Gasteiger partial charge in [-0.3, -0.25) is 0 Å². The Morgan fingerprint density at radius 2 is 1.10 bits per heavy atom. The summed E-state index contributed by atoms with van der Waals surface area (Å²) < 4.78 is 50.6. The van der Waals surface area contributed by atoms with Crippen LogP contribution in [-0.4, -0.2) is 63.4 Å². The second-order valence-corrected chi connectivity index (χ2v) is 13.5. The van der Waals surface area contributed by atoms with Crippen LogP contribution in [0.2, 0.25) is 0 Å². The average molecular weight is 702 g/mol. The Labute approximate surface area is 301 Å². The van der Waals surface area contributed by atoms with Gasteiger partial charge in [-0.25, -0.2) is 4.79 Å². The second kappa shape index (κ2) is 15.5. The molecular weight excluding hydrogens is 650 g/mol. The lowest BCUT2D eigenvalue weighted by Gasteiger charge is -2.25. The maximum atomic E-state index is 14.2. The lowest BCUT2D eigenvalue weighted by Crippen LogP contribution is -2.18. The third kappa shape index (κ3) is 7.55. The van der Waals surface area contributed by atoms with Gasteiger partial charge in [-0.2, -0.15) is 0 Å². The van der Waals surface area contributed by atoms with Gasteiger partial charge >= 0.3 is 5.97 Å². The maximum Gasteiger partial charge on any atom is 0.355 e. The largest absolute Gasteiger partial charge is 0.497 e. The van der Waals surface area contributed by atoms with E-state index in [1.54, 1.807) is 21.3 Å². The number of nitrogens with zero attached hydrogens (tertiary/aromatic N) is 1. The first kappa shape index (κ1) is 37.3. The van der Waals surface area contributed by atoms with Crippen molar-refractivity contribution < 1.29 is 42.7 Å². The van der Waals surface area contributed by atoms with Crippen molar-refractivity contribution in [1.29, 1.82) is 0 Å². The molecule has 3 aromatic carbocycles. The fraction of sp³-hybridized carbons (Fsp3) is 0.439. The molecule has 274 valence electrons. The van der Waals surface area contributed by atoms with E-state index < -0.39 is 5.97 Å². The van der Waals surface area contributed by atoms with E-state index in [0.29, 0.717) is 75.6 Å². The Balaban J connectivity index is 2.02. The van der Waals surface area contributed by atoms with E-state index in [-0.39, 0.29) is 24.4 Å². The van der Waals surface area contributed by atoms with Crippen LogP contribution >= 0.6 is 0 Å². The number of ether oxygens (including phenoxy) is 8. The number of rotatable bonds is 14. The van der Waals surface area contributed by atoms with Crippen molar-refractivity contribution in [3.63, 3.8) is 0 Å². The van der Waals surface area contributed by atoms with E-state index >= 15 is 0 Å². The molecular formula is C41H51NO9. The smallest absolute Gasteiger partial charge is 0.355 e. The lowest BCUT2D eigenvalue weighted by atomic mass is 9.89. The van der Waals surface area contributed by atoms with Crippen molar-refractivity contribution in [2.24, 2.45) is 0 Å². The molecule has 0 saturated carbocycles. The van der Waals surface area contributed by atoms with Crippen LogP contribution in [0.25, 0.3) is 33.5 Å². The van der Waals surface area contributed by atoms with Crippen LogP contribution in [0.1, 0.15) is 71.4 Å². The minimum Gasteiger partial charge on any atom is -0.497 e. The summed E-state index contributed by atoms with van der Waals surface area (Å²) in [6.07, 6.45) is 0.0861. The molecule has 2 heterocycles. The molecule has 10 heteroatoms. The third-order valence-corrected chi connectivity index (χ3v) is 8.33. The Morgan fingerprint density at radius 3 is 1.65 bits per heavy atom. The SMILES string of the molecule is COC(=O)c1c(-c2cc(OC(C)C)c(OC(C)C)cc2OC(C)C)c(-c2cc(OC)ccc2OC)c2n1CCc1cc(OC(C)C)c(OC)cc1-2. The maximum absolute atomic E-state index is 14.2. The number of carbonyl (C=O) groups excluding carboxylic acids is 1. The molecule has 10 nitrogen and oxygen atoms in total. The van der Waals surface area contributed by atoms with Gasteiger partial charge in [-0.1, -0.05) is 0 Å². The summed E-state index contributed by atoms with van der Waals surface area (Å²) in [5.74, 6) is 3.52. The zero-order valence-corrected chi connectivity index (χ0v) is 31.9. The highest BCUT2D eigenvalue weighted by Crippen LogP contribution is 2.54. The molecule has 0 radical (unpaired) electrons. The number of esters is 1. The van der Waals surface area contributed by atoms with Gasteiger partial charge in [-0.15, -0.1) is 0 Å². The summed E-state index contributed by atoms with van der Waals surface area (Å²) in [5, 5.41) is 0. The van der Waals surface area contributed by atoms with Crippen molar-refractivity contribution in [3.8, 4) is 73.8 Å². The molecule has 1 aromatic heterocycles. The molecule has 4 aromatic rings. The number of aryl methyl sites for hydroxylation is 1. The lowest BCUT2D eigenvalue weighted by molar-refractivity contribution is 0.0589. The van der Waals surface area contributed by atoms with Gasteiger partial charge in [0.1, 0.15) is 22.9 Å². The van der Waals surface area contributed by atoms with Gasteiger partial charge in [0.2, 0.25) is 0 Å². The number of fused-ring (bicyclic) bond motifs is 3. The van der Waals surface area contributed by atoms with Gasteiger partial charge in [-0.05, 0) is 104 Å². The zero-order valence-electron chi connectivity index (χ0n) is 31.9. The quantitative estimate of drug-likeness (QED) is 0.119. The molecule has 0 spiro atoms. The minimum absolute atomic E-state index is 0.0529. The van der Waals surface area contributed by atoms with Crippen molar-refractivity contribution >= 4 is 5.97 Å². The molecule has 0 unspecified atom stereocenters. The number of benzene rings is 3. The van der Waals surface area contributed by atoms with Crippen molar-refractivity contribution in [1.82, 2.24) is 4.57 Å². The number of hydrogen-bond acceptors (Lipinski definition) is 9. The van der Waals surface area contributed by atoms with Gasteiger partial charge in [0.15, 0.2) is 23.0 Å². The normalized spacial score (nSPS) is 12.2. The molecule has 5 rings (SSSR count). The number of hydrogen-bond donors (Lipinski definition) is 0. The van der Waals surface area contributed by atoms with Crippen molar-refractivity contribution in [3.05, 3.63) is 53.7 Å². The summed E-state index contributed by atoms with van der Waals surface area (Å²) in [7, 11) is 6.27. The highest BCUT2D eigenvalue weighted by atomic mass is 16.5. The predicted octanol–water partition coefficient (Wildman–Crippen LogP) is 9.01. The van der Waals surface area contributed by atoms with E-state index in [0.717, 1.165) is 22.4 Å². The molecule has 1 aliphatic heterocycles. The molecule has 0 aliphatic carbocycles. The second-order valence-electron chi connectivity index (χ2n) is 13.5. The number of methoxy groups -OCH3 is 4. The minimum atomic E-state index is -0.501. The summed E-state index contributed by atoms with van der Waals surface area (Å²) in [4.78, 5) is 14.2. The van der Waals surface area contributed by atoms with Crippen LogP contribution in [0.15, 0.2) is 42.5 Å². The topological polar surface area (TPSA) is 95.8 Å². The summed E-state index contributed by atoms with van der Waals surface area (Å²) in [6.45, 7) is 16.2. The van der Waals surface area contributed by atoms with Crippen LogP contribution in [0.3, 0.4) is 0 Å². The summed E-state index contributed by atoms with van der Waals surface area (Å²) in [5.41, 5.74) is 5.75. The average Bonchev–Trinajstić information content (AvgIpc) is 3.42. The molecule has 0 fully saturated rings. The zero-order chi connectivity index (χ0) is 37.1. The van der Waals surface area contributed by atoms with Gasteiger partial charge in [0.25, 0.3) is 0 Å². The molecule has 0 atom stereocenters. The van der Waals surface area contributed by atoms with Crippen LogP contribution in [0, 0.1) is 0 Å². The van der Waals surface area contributed by atoms with Crippen LogP contribution in [0.4, 0.5) is 0 Å². The molecule has 0 bridgehead atoms. The first-order valence-corrected chi connectivity index (χ1v) is 17.4. The fourth-order valence-corrected chi connectivity index (χ4v) is 6.51. The standard InChI is InChI=1S/C41H51NO9/c1-22(2)48-32-21-36(51-25(7)8)35(50-24(5)6)20-30(32)38-37(29-18-27(44-9)13-14-31(29)45-10)39-28-19-33(46-11)34(49-23(3)4)17-26(28)15-16-42(39)40(38)41(43)47-12/h13-14,17-25H,15-16H2,1-12H3. The van der Waals surface area contributed by atoms with E-state index in [4.69, 9.17) is 37.9 Å². The Hall–Kier alpha value is -4.99. The first-order valence-electron chi connectivity index (χ1n) is 17.4. The highest BCUT2D eigenvalue weighted by molar-refractivity contribution is 6.09. The Morgan fingerprint density at radius 1 is 0.569 bits per heavy atom. The monoisotopic (exact) mass is 701 g/mol. The summed E-state index contributed by atoms with van der Waals surface area (Å²) >= 11 is 0. The van der Waals surface area contributed by atoms with E-state index in [1.807, 2.05) is 102 Å². The van der Waals surface area contributed by atoms with Gasteiger partial charge in [0, 0.05) is 40.4 Å².